The largest absolute Gasteiger partial charge is 0.357 e. The smallest absolute Gasteiger partial charge is 0.276 e. The van der Waals surface area contributed by atoms with Gasteiger partial charge in [0.1, 0.15) is 5.82 Å². The van der Waals surface area contributed by atoms with Crippen LogP contribution in [0.25, 0.3) is 22.0 Å². The average molecular weight is 442 g/mol. The number of benzene rings is 1. The summed E-state index contributed by atoms with van der Waals surface area (Å²) in [5, 5.41) is 11.0. The molecule has 0 spiro atoms. The van der Waals surface area contributed by atoms with Crippen molar-refractivity contribution in [1.82, 2.24) is 25.1 Å². The van der Waals surface area contributed by atoms with Crippen LogP contribution in [0.5, 0.6) is 0 Å². The molecule has 1 saturated heterocycles. The summed E-state index contributed by atoms with van der Waals surface area (Å²) in [5.74, 6) is 0.640. The monoisotopic (exact) mass is 441 g/mol. The summed E-state index contributed by atoms with van der Waals surface area (Å²) < 4.78 is 0. The molecule has 3 aromatic heterocycles. The van der Waals surface area contributed by atoms with Crippen LogP contribution in [0.2, 0.25) is 0 Å². The maximum Gasteiger partial charge on any atom is 0.276 e. The van der Waals surface area contributed by atoms with Crippen LogP contribution < -0.4 is 10.2 Å². The van der Waals surface area contributed by atoms with E-state index in [9.17, 15) is 4.79 Å². The van der Waals surface area contributed by atoms with Gasteiger partial charge in [-0.1, -0.05) is 6.07 Å². The fraction of sp³-hybridized carbons (Fsp3) is 0.280. The molecule has 33 heavy (non-hydrogen) atoms. The van der Waals surface area contributed by atoms with Crippen molar-refractivity contribution in [3.8, 4) is 11.1 Å². The fourth-order valence-electron chi connectivity index (χ4n) is 4.27. The number of amides is 1. The number of anilines is 2. The third-order valence-corrected chi connectivity index (χ3v) is 5.84. The van der Waals surface area contributed by atoms with E-state index >= 15 is 0 Å². The van der Waals surface area contributed by atoms with Crippen LogP contribution in [0, 0.1) is 0 Å². The molecule has 0 radical (unpaired) electrons. The third kappa shape index (κ3) is 4.56. The van der Waals surface area contributed by atoms with Gasteiger partial charge in [0.2, 0.25) is 0 Å². The van der Waals surface area contributed by atoms with Gasteiger partial charge in [0.05, 0.1) is 5.52 Å². The summed E-state index contributed by atoms with van der Waals surface area (Å²) in [5.41, 5.74) is 5.02. The lowest BCUT2D eigenvalue weighted by molar-refractivity contribution is 0.102. The number of carbonyl (C=O) groups excluding carboxylic acids is 1. The Hall–Kier alpha value is -3.78. The van der Waals surface area contributed by atoms with E-state index < -0.39 is 0 Å². The number of H-pyrrole nitrogens is 1. The highest BCUT2D eigenvalue weighted by Crippen LogP contribution is 2.27. The number of aromatic nitrogens is 4. The molecular weight excluding hydrogens is 414 g/mol. The van der Waals surface area contributed by atoms with E-state index in [0.29, 0.717) is 11.4 Å². The summed E-state index contributed by atoms with van der Waals surface area (Å²) in [6.07, 6.45) is 7.81. The van der Waals surface area contributed by atoms with E-state index in [-0.39, 0.29) is 5.91 Å². The van der Waals surface area contributed by atoms with Gasteiger partial charge in [0.15, 0.2) is 5.69 Å². The minimum absolute atomic E-state index is 0.253. The molecule has 168 valence electrons. The number of hydrogen-bond donors (Lipinski definition) is 2. The van der Waals surface area contributed by atoms with Crippen LogP contribution in [-0.4, -0.2) is 58.2 Å². The average Bonchev–Trinajstić information content (AvgIpc) is 3.49. The van der Waals surface area contributed by atoms with Crippen LogP contribution >= 0.6 is 0 Å². The van der Waals surface area contributed by atoms with E-state index in [2.05, 4.69) is 41.3 Å². The first kappa shape index (κ1) is 21.1. The van der Waals surface area contributed by atoms with Crippen LogP contribution in [-0.2, 0) is 6.54 Å². The van der Waals surface area contributed by atoms with Gasteiger partial charge in [-0.2, -0.15) is 5.10 Å². The summed E-state index contributed by atoms with van der Waals surface area (Å²) >= 11 is 0. The molecule has 1 amide bonds. The summed E-state index contributed by atoms with van der Waals surface area (Å²) in [7, 11) is 4.07. The molecule has 1 aliphatic heterocycles. The van der Waals surface area contributed by atoms with Gasteiger partial charge < -0.3 is 15.1 Å². The van der Waals surface area contributed by atoms with Gasteiger partial charge in [0.25, 0.3) is 5.91 Å². The molecule has 0 unspecified atom stereocenters. The summed E-state index contributed by atoms with van der Waals surface area (Å²) in [6.45, 7) is 2.82. The number of pyridine rings is 2. The van der Waals surface area contributed by atoms with Crippen molar-refractivity contribution in [3.05, 3.63) is 66.2 Å². The van der Waals surface area contributed by atoms with Gasteiger partial charge in [-0.25, -0.2) is 4.98 Å². The maximum atomic E-state index is 13.1. The zero-order valence-electron chi connectivity index (χ0n) is 18.9. The first-order valence-electron chi connectivity index (χ1n) is 11.2. The molecule has 2 N–H and O–H groups in total. The van der Waals surface area contributed by atoms with E-state index in [1.807, 2.05) is 50.8 Å². The van der Waals surface area contributed by atoms with Crippen LogP contribution in [0.1, 0.15) is 28.9 Å². The number of aromatic amines is 1. The highest BCUT2D eigenvalue weighted by molar-refractivity contribution is 6.11. The SMILES string of the molecule is CN(C)Cc1cncc(-c2ccc3[nH]nc(C(=O)Nc4ccnc(N5CCCC5)c4)c3c2)c1. The van der Waals surface area contributed by atoms with E-state index in [4.69, 9.17) is 0 Å². The molecule has 4 aromatic rings. The Bertz CT molecular complexity index is 1290. The first-order chi connectivity index (χ1) is 16.1. The number of nitrogens with one attached hydrogen (secondary N) is 2. The van der Waals surface area contributed by atoms with Crippen molar-refractivity contribution in [2.24, 2.45) is 0 Å². The Balaban J connectivity index is 1.41. The minimum Gasteiger partial charge on any atom is -0.357 e. The molecule has 4 heterocycles. The number of rotatable bonds is 6. The molecule has 8 nitrogen and oxygen atoms in total. The van der Waals surface area contributed by atoms with Crippen molar-refractivity contribution in [2.45, 2.75) is 19.4 Å². The van der Waals surface area contributed by atoms with E-state index in [1.54, 1.807) is 12.3 Å². The first-order valence-corrected chi connectivity index (χ1v) is 11.2. The Morgan fingerprint density at radius 1 is 1.09 bits per heavy atom. The van der Waals surface area contributed by atoms with Crippen molar-refractivity contribution in [2.75, 3.05) is 37.4 Å². The third-order valence-electron chi connectivity index (χ3n) is 5.84. The van der Waals surface area contributed by atoms with Crippen molar-refractivity contribution in [1.29, 1.82) is 0 Å². The van der Waals surface area contributed by atoms with E-state index in [1.165, 1.54) is 12.8 Å². The quantitative estimate of drug-likeness (QED) is 0.471. The summed E-state index contributed by atoms with van der Waals surface area (Å²) in [6, 6.07) is 11.8. The zero-order valence-corrected chi connectivity index (χ0v) is 18.9. The van der Waals surface area contributed by atoms with Gasteiger partial charge in [0, 0.05) is 60.9 Å². The predicted molar refractivity (Wildman–Crippen MR) is 130 cm³/mol. The molecule has 0 bridgehead atoms. The molecule has 1 fully saturated rings. The maximum absolute atomic E-state index is 13.1. The summed E-state index contributed by atoms with van der Waals surface area (Å²) in [4.78, 5) is 26.3. The second-order valence-corrected chi connectivity index (χ2v) is 8.70. The Morgan fingerprint density at radius 3 is 2.76 bits per heavy atom. The van der Waals surface area contributed by atoms with Gasteiger partial charge >= 0.3 is 0 Å². The highest BCUT2D eigenvalue weighted by Gasteiger charge is 2.17. The highest BCUT2D eigenvalue weighted by atomic mass is 16.1. The lowest BCUT2D eigenvalue weighted by Gasteiger charge is -2.16. The fourth-order valence-corrected chi connectivity index (χ4v) is 4.27. The van der Waals surface area contributed by atoms with Gasteiger partial charge in [-0.05, 0) is 62.3 Å². The Kier molecular flexibility index (Phi) is 5.75. The normalized spacial score (nSPS) is 13.7. The van der Waals surface area contributed by atoms with Crippen molar-refractivity contribution < 1.29 is 4.79 Å². The van der Waals surface area contributed by atoms with Gasteiger partial charge in [-0.3, -0.25) is 14.9 Å². The van der Waals surface area contributed by atoms with Crippen LogP contribution in [0.3, 0.4) is 0 Å². The molecule has 1 aromatic carbocycles. The lowest BCUT2D eigenvalue weighted by Crippen LogP contribution is -2.19. The number of nitrogens with zero attached hydrogens (tertiary/aromatic N) is 5. The molecule has 0 atom stereocenters. The number of hydrogen-bond acceptors (Lipinski definition) is 6. The molecule has 0 saturated carbocycles. The Morgan fingerprint density at radius 2 is 1.94 bits per heavy atom. The second-order valence-electron chi connectivity index (χ2n) is 8.70. The number of fused-ring (bicyclic) bond motifs is 1. The molecule has 5 rings (SSSR count). The molecule has 1 aliphatic rings. The molecular formula is C25H27N7O. The lowest BCUT2D eigenvalue weighted by atomic mass is 10.0. The molecule has 0 aliphatic carbocycles. The minimum atomic E-state index is -0.253. The second kappa shape index (κ2) is 8.99. The standard InChI is InChI=1S/C25H27N7O/c1-31(2)16-17-11-19(15-26-14-17)18-5-6-22-21(12-18)24(30-29-22)25(33)28-20-7-8-27-23(13-20)32-9-3-4-10-32/h5-8,11-15H,3-4,9-10,16H2,1-2H3,(H,29,30)(H,27,28,33). The van der Waals surface area contributed by atoms with Crippen LogP contribution in [0.4, 0.5) is 11.5 Å². The number of carbonyl (C=O) groups is 1. The van der Waals surface area contributed by atoms with Gasteiger partial charge in [-0.15, -0.1) is 0 Å². The predicted octanol–water partition coefficient (Wildman–Crippen LogP) is 3.93. The van der Waals surface area contributed by atoms with Crippen molar-refractivity contribution >= 4 is 28.3 Å². The van der Waals surface area contributed by atoms with E-state index in [0.717, 1.165) is 53.0 Å². The van der Waals surface area contributed by atoms with Crippen LogP contribution in [0.15, 0.2) is 55.0 Å². The zero-order chi connectivity index (χ0) is 22.8. The topological polar surface area (TPSA) is 90.0 Å². The Labute approximate surface area is 192 Å². The van der Waals surface area contributed by atoms with Crippen molar-refractivity contribution in [3.63, 3.8) is 0 Å². The molecule has 8 heteroatoms.